The Morgan fingerprint density at radius 2 is 1.77 bits per heavy atom. The van der Waals surface area contributed by atoms with Crippen LogP contribution in [0.4, 0.5) is 17.3 Å². The van der Waals surface area contributed by atoms with Crippen molar-refractivity contribution in [3.63, 3.8) is 0 Å². The number of amides is 1. The van der Waals surface area contributed by atoms with E-state index in [1.807, 2.05) is 24.3 Å². The monoisotopic (exact) mass is 491 g/mol. The largest absolute Gasteiger partial charge is 0.324 e. The molecular formula is C26H29N5O3S. The molecule has 2 aliphatic rings. The van der Waals surface area contributed by atoms with Crippen LogP contribution in [-0.2, 0) is 21.2 Å². The molecule has 182 valence electrons. The van der Waals surface area contributed by atoms with Crippen molar-refractivity contribution in [3.05, 3.63) is 60.3 Å². The van der Waals surface area contributed by atoms with Gasteiger partial charge >= 0.3 is 0 Å². The molecule has 1 aromatic heterocycles. The molecule has 1 aliphatic carbocycles. The van der Waals surface area contributed by atoms with Gasteiger partial charge in [-0.1, -0.05) is 37.5 Å². The molecular weight excluding hydrogens is 462 g/mol. The van der Waals surface area contributed by atoms with Crippen molar-refractivity contribution in [1.82, 2.24) is 14.7 Å². The number of aromatic nitrogens is 2. The van der Waals surface area contributed by atoms with Crippen LogP contribution in [-0.4, -0.2) is 37.9 Å². The van der Waals surface area contributed by atoms with Gasteiger partial charge in [0.1, 0.15) is 0 Å². The number of likely N-dealkylation sites (N-methyl/N-ethyl adjacent to an activating group) is 1. The molecule has 2 heterocycles. The highest BCUT2D eigenvalue weighted by molar-refractivity contribution is 7.89. The van der Waals surface area contributed by atoms with Crippen LogP contribution in [0.25, 0.3) is 11.3 Å². The average Bonchev–Trinajstić information content (AvgIpc) is 2.98. The van der Waals surface area contributed by atoms with Gasteiger partial charge < -0.3 is 10.2 Å². The van der Waals surface area contributed by atoms with Crippen molar-refractivity contribution >= 4 is 33.3 Å². The van der Waals surface area contributed by atoms with Gasteiger partial charge in [0.25, 0.3) is 0 Å². The fourth-order valence-electron chi connectivity index (χ4n) is 4.76. The van der Waals surface area contributed by atoms with Gasteiger partial charge in [0, 0.05) is 36.6 Å². The summed E-state index contributed by atoms with van der Waals surface area (Å²) in [6.45, 7) is 0.491. The van der Waals surface area contributed by atoms with Crippen LogP contribution in [0, 0.1) is 5.92 Å². The van der Waals surface area contributed by atoms with E-state index in [0.717, 1.165) is 29.7 Å². The highest BCUT2D eigenvalue weighted by Gasteiger charge is 2.25. The van der Waals surface area contributed by atoms with Gasteiger partial charge in [-0.05, 0) is 49.1 Å². The summed E-state index contributed by atoms with van der Waals surface area (Å²) in [5.41, 5.74) is 3.82. The fourth-order valence-corrected chi connectivity index (χ4v) is 5.88. The first-order valence-corrected chi connectivity index (χ1v) is 13.5. The Bertz CT molecular complexity index is 1340. The smallest absolute Gasteiger partial charge is 0.240 e. The average molecular weight is 492 g/mol. The Morgan fingerprint density at radius 1 is 1.03 bits per heavy atom. The molecule has 2 N–H and O–H groups in total. The van der Waals surface area contributed by atoms with E-state index in [0.29, 0.717) is 29.8 Å². The summed E-state index contributed by atoms with van der Waals surface area (Å²) in [5.74, 6) is 0.779. The number of nitrogens with one attached hydrogen (secondary N) is 2. The van der Waals surface area contributed by atoms with Gasteiger partial charge in [-0.25, -0.2) is 23.1 Å². The maximum absolute atomic E-state index is 12.7. The maximum Gasteiger partial charge on any atom is 0.240 e. The summed E-state index contributed by atoms with van der Waals surface area (Å²) < 4.78 is 28.2. The van der Waals surface area contributed by atoms with E-state index >= 15 is 0 Å². The second-order valence-corrected chi connectivity index (χ2v) is 11.0. The van der Waals surface area contributed by atoms with Crippen molar-refractivity contribution < 1.29 is 13.2 Å². The highest BCUT2D eigenvalue weighted by Crippen LogP contribution is 2.35. The first-order valence-electron chi connectivity index (χ1n) is 12.0. The first kappa shape index (κ1) is 23.4. The number of hydrogen-bond acceptors (Lipinski definition) is 6. The van der Waals surface area contributed by atoms with E-state index in [1.165, 1.54) is 19.3 Å². The molecule has 9 heteroatoms. The Labute approximate surface area is 205 Å². The van der Waals surface area contributed by atoms with Gasteiger partial charge in [-0.15, -0.1) is 0 Å². The lowest BCUT2D eigenvalue weighted by molar-refractivity contribution is -0.117. The summed E-state index contributed by atoms with van der Waals surface area (Å²) in [6.07, 6.45) is 7.66. The molecule has 0 spiro atoms. The van der Waals surface area contributed by atoms with Crippen LogP contribution in [0.15, 0.2) is 59.6 Å². The van der Waals surface area contributed by atoms with Gasteiger partial charge in [0.05, 0.1) is 22.7 Å². The number of carbonyl (C=O) groups excluding carboxylic acids is 1. The maximum atomic E-state index is 12.7. The number of benzene rings is 2. The van der Waals surface area contributed by atoms with Crippen LogP contribution in [0.3, 0.4) is 0 Å². The van der Waals surface area contributed by atoms with E-state index in [4.69, 9.17) is 4.98 Å². The zero-order valence-corrected chi connectivity index (χ0v) is 20.5. The van der Waals surface area contributed by atoms with E-state index in [1.54, 1.807) is 42.4 Å². The molecule has 0 saturated heterocycles. The zero-order valence-electron chi connectivity index (χ0n) is 19.7. The number of fused-ring (bicyclic) bond motifs is 3. The van der Waals surface area contributed by atoms with Crippen LogP contribution in [0.1, 0.15) is 37.7 Å². The number of hydrogen-bond donors (Lipinski definition) is 2. The molecule has 1 aliphatic heterocycles. The fraction of sp³-hybridized carbons (Fsp3) is 0.346. The number of rotatable bonds is 6. The van der Waals surface area contributed by atoms with E-state index < -0.39 is 10.0 Å². The lowest BCUT2D eigenvalue weighted by atomic mass is 9.90. The summed E-state index contributed by atoms with van der Waals surface area (Å²) in [6, 6.07) is 14.2. The summed E-state index contributed by atoms with van der Waals surface area (Å²) in [4.78, 5) is 23.5. The Morgan fingerprint density at radius 3 is 2.54 bits per heavy atom. The van der Waals surface area contributed by atoms with E-state index in [2.05, 4.69) is 15.0 Å². The predicted octanol–water partition coefficient (Wildman–Crippen LogP) is 4.26. The van der Waals surface area contributed by atoms with Crippen LogP contribution >= 0.6 is 0 Å². The number of nitrogens with zero attached hydrogens (tertiary/aromatic N) is 3. The Hall–Kier alpha value is -3.30. The number of carbonyl (C=O) groups is 1. The molecule has 8 nitrogen and oxygen atoms in total. The number of anilines is 3. The molecule has 3 aromatic rings. The minimum atomic E-state index is -3.55. The van der Waals surface area contributed by atoms with Crippen molar-refractivity contribution in [2.75, 3.05) is 23.8 Å². The van der Waals surface area contributed by atoms with Crippen LogP contribution in [0.5, 0.6) is 0 Å². The quantitative estimate of drug-likeness (QED) is 0.534. The third-order valence-electron chi connectivity index (χ3n) is 6.81. The van der Waals surface area contributed by atoms with E-state index in [-0.39, 0.29) is 17.2 Å². The van der Waals surface area contributed by atoms with Gasteiger partial charge in [0.2, 0.25) is 21.9 Å². The molecule has 0 unspecified atom stereocenters. The predicted molar refractivity (Wildman–Crippen MR) is 136 cm³/mol. The first-order chi connectivity index (χ1) is 16.9. The Kier molecular flexibility index (Phi) is 6.53. The van der Waals surface area contributed by atoms with Crippen LogP contribution < -0.4 is 14.9 Å². The molecule has 35 heavy (non-hydrogen) atoms. The molecule has 2 aromatic carbocycles. The van der Waals surface area contributed by atoms with Crippen molar-refractivity contribution in [3.8, 4) is 11.3 Å². The molecule has 0 atom stereocenters. The Balaban J connectivity index is 1.33. The van der Waals surface area contributed by atoms with Gasteiger partial charge in [0.15, 0.2) is 0 Å². The summed E-state index contributed by atoms with van der Waals surface area (Å²) in [5, 5.41) is 3.15. The van der Waals surface area contributed by atoms with Gasteiger partial charge in [-0.2, -0.15) is 0 Å². The molecule has 5 rings (SSSR count). The third kappa shape index (κ3) is 5.06. The summed E-state index contributed by atoms with van der Waals surface area (Å²) in [7, 11) is -1.79. The van der Waals surface area contributed by atoms with Crippen LogP contribution in [0.2, 0.25) is 0 Å². The minimum Gasteiger partial charge on any atom is -0.324 e. The second kappa shape index (κ2) is 9.75. The van der Waals surface area contributed by atoms with Crippen molar-refractivity contribution in [2.24, 2.45) is 5.92 Å². The SMILES string of the molecule is CN1C(=O)Cc2cnc(Nc3ccc(S(=O)(=O)NCC4CCCCC4)cc3)nc2-c2ccccc21. The third-order valence-corrected chi connectivity index (χ3v) is 8.25. The summed E-state index contributed by atoms with van der Waals surface area (Å²) >= 11 is 0. The minimum absolute atomic E-state index is 0.0191. The lowest BCUT2D eigenvalue weighted by Crippen LogP contribution is -2.30. The molecule has 0 bridgehead atoms. The standard InChI is InChI=1S/C26H29N5O3S/c1-31-23-10-6-5-9-22(23)25-19(15-24(31)32)17-27-26(30-25)29-20-11-13-21(14-12-20)35(33,34)28-16-18-7-3-2-4-8-18/h5-6,9-14,17-18,28H,2-4,7-8,15-16H2,1H3,(H,27,29,30). The number of para-hydroxylation sites is 1. The van der Waals surface area contributed by atoms with Crippen molar-refractivity contribution in [2.45, 2.75) is 43.4 Å². The number of sulfonamides is 1. The van der Waals surface area contributed by atoms with Gasteiger partial charge in [-0.3, -0.25) is 4.79 Å². The highest BCUT2D eigenvalue weighted by atomic mass is 32.2. The molecule has 1 amide bonds. The normalized spacial score (nSPS) is 16.4. The topological polar surface area (TPSA) is 104 Å². The lowest BCUT2D eigenvalue weighted by Gasteiger charge is -2.21. The van der Waals surface area contributed by atoms with E-state index in [9.17, 15) is 13.2 Å². The second-order valence-electron chi connectivity index (χ2n) is 9.22. The van der Waals surface area contributed by atoms with Crippen molar-refractivity contribution in [1.29, 1.82) is 0 Å². The molecule has 1 fully saturated rings. The molecule has 1 saturated carbocycles. The zero-order chi connectivity index (χ0) is 24.4. The molecule has 0 radical (unpaired) electrons.